The molecule has 1 atom stereocenters. The van der Waals surface area contributed by atoms with E-state index in [1.54, 1.807) is 10.6 Å². The van der Waals surface area contributed by atoms with E-state index in [4.69, 9.17) is 5.11 Å². The fraction of sp³-hybridized carbons (Fsp3) is 0.250. The Morgan fingerprint density at radius 1 is 1.53 bits per heavy atom. The van der Waals surface area contributed by atoms with Crippen molar-refractivity contribution in [3.8, 4) is 0 Å². The number of hydrogen-bond acceptors (Lipinski definition) is 2. The number of aromatic nitrogens is 1. The molecule has 0 amide bonds. The van der Waals surface area contributed by atoms with Gasteiger partial charge in [-0.1, -0.05) is 12.1 Å². The van der Waals surface area contributed by atoms with Gasteiger partial charge < -0.3 is 14.8 Å². The Labute approximate surface area is 107 Å². The Morgan fingerprint density at radius 3 is 2.82 bits per heavy atom. The van der Waals surface area contributed by atoms with Crippen molar-refractivity contribution >= 4 is 32.8 Å². The van der Waals surface area contributed by atoms with E-state index < -0.39 is 12.1 Å². The molecule has 17 heavy (non-hydrogen) atoms. The first-order valence-corrected chi connectivity index (χ1v) is 6.04. The molecule has 2 rings (SSSR count). The number of rotatable bonds is 3. The molecular weight excluding hydrogens is 286 g/mol. The van der Waals surface area contributed by atoms with Gasteiger partial charge in [0.1, 0.15) is 0 Å². The monoisotopic (exact) mass is 297 g/mol. The van der Waals surface area contributed by atoms with Crippen LogP contribution in [0.2, 0.25) is 0 Å². The summed E-state index contributed by atoms with van der Waals surface area (Å²) in [6.45, 7) is 2.52. The summed E-state index contributed by atoms with van der Waals surface area (Å²) in [6.07, 6.45) is -1.49. The second-order valence-electron chi connectivity index (χ2n) is 3.73. The second kappa shape index (κ2) is 4.50. The zero-order valence-corrected chi connectivity index (χ0v) is 10.8. The van der Waals surface area contributed by atoms with Gasteiger partial charge in [0, 0.05) is 16.4 Å². The lowest BCUT2D eigenvalue weighted by atomic mass is 10.2. The molecule has 90 valence electrons. The number of aliphatic carboxylic acids is 1. The molecule has 0 spiro atoms. The zero-order valence-electron chi connectivity index (χ0n) is 9.22. The maximum atomic E-state index is 10.9. The summed E-state index contributed by atoms with van der Waals surface area (Å²) in [7, 11) is 0. The minimum atomic E-state index is -1.49. The van der Waals surface area contributed by atoms with Gasteiger partial charge in [0.2, 0.25) is 0 Å². The first-order chi connectivity index (χ1) is 8.06. The molecule has 5 heteroatoms. The fourth-order valence-corrected chi connectivity index (χ4v) is 2.59. The van der Waals surface area contributed by atoms with E-state index in [9.17, 15) is 9.90 Å². The molecule has 0 aliphatic heterocycles. The standard InChI is InChI=1S/C12H12BrNO3/c1-2-14-9(11(15)12(16)17)6-7-4-3-5-8(13)10(7)14/h3-6,11,15H,2H2,1H3,(H,16,17). The summed E-state index contributed by atoms with van der Waals surface area (Å²) < 4.78 is 2.69. The number of carbonyl (C=O) groups is 1. The number of aliphatic hydroxyl groups is 1. The van der Waals surface area contributed by atoms with Gasteiger partial charge in [-0.3, -0.25) is 0 Å². The van der Waals surface area contributed by atoms with E-state index in [0.29, 0.717) is 12.2 Å². The number of para-hydroxylation sites is 1. The number of benzene rings is 1. The molecule has 1 aromatic carbocycles. The number of carboxylic acids is 1. The van der Waals surface area contributed by atoms with Gasteiger partial charge in [-0.15, -0.1) is 0 Å². The van der Waals surface area contributed by atoms with E-state index in [0.717, 1.165) is 15.4 Å². The minimum absolute atomic E-state index is 0.405. The molecule has 0 radical (unpaired) electrons. The van der Waals surface area contributed by atoms with Crippen LogP contribution in [0.3, 0.4) is 0 Å². The lowest BCUT2D eigenvalue weighted by molar-refractivity contribution is -0.147. The smallest absolute Gasteiger partial charge is 0.338 e. The van der Waals surface area contributed by atoms with Crippen LogP contribution in [-0.4, -0.2) is 20.7 Å². The highest BCUT2D eigenvalue weighted by Crippen LogP contribution is 2.30. The highest BCUT2D eigenvalue weighted by molar-refractivity contribution is 9.10. The van der Waals surface area contributed by atoms with Crippen LogP contribution in [0.25, 0.3) is 10.9 Å². The summed E-state index contributed by atoms with van der Waals surface area (Å²) in [5.74, 6) is -1.24. The lowest BCUT2D eigenvalue weighted by Gasteiger charge is -2.11. The van der Waals surface area contributed by atoms with Crippen molar-refractivity contribution in [1.29, 1.82) is 0 Å². The van der Waals surface area contributed by atoms with E-state index in [-0.39, 0.29) is 0 Å². The third-order valence-corrected chi connectivity index (χ3v) is 3.37. The Balaban J connectivity index is 2.73. The highest BCUT2D eigenvalue weighted by Gasteiger charge is 2.22. The molecule has 4 nitrogen and oxygen atoms in total. The van der Waals surface area contributed by atoms with Gasteiger partial charge in [0.15, 0.2) is 6.10 Å². The van der Waals surface area contributed by atoms with Crippen molar-refractivity contribution in [1.82, 2.24) is 4.57 Å². The van der Waals surface area contributed by atoms with Crippen LogP contribution in [0.15, 0.2) is 28.7 Å². The molecule has 1 aromatic heterocycles. The normalized spacial score (nSPS) is 12.9. The van der Waals surface area contributed by atoms with Crippen molar-refractivity contribution in [3.05, 3.63) is 34.4 Å². The molecule has 0 saturated carbocycles. The van der Waals surface area contributed by atoms with Gasteiger partial charge in [-0.2, -0.15) is 0 Å². The molecule has 0 aliphatic rings. The molecule has 1 heterocycles. The summed E-state index contributed by atoms with van der Waals surface area (Å²) in [4.78, 5) is 10.9. The van der Waals surface area contributed by atoms with E-state index >= 15 is 0 Å². The Hall–Kier alpha value is -1.33. The SMILES string of the molecule is CCn1c(C(O)C(=O)O)cc2cccc(Br)c21. The average molecular weight is 298 g/mol. The number of hydrogen-bond donors (Lipinski definition) is 2. The third kappa shape index (κ3) is 1.96. The highest BCUT2D eigenvalue weighted by atomic mass is 79.9. The number of aryl methyl sites for hydroxylation is 1. The topological polar surface area (TPSA) is 62.5 Å². The quantitative estimate of drug-likeness (QED) is 0.915. The molecule has 0 aliphatic carbocycles. The molecule has 0 fully saturated rings. The van der Waals surface area contributed by atoms with Crippen LogP contribution in [0, 0.1) is 0 Å². The van der Waals surface area contributed by atoms with Crippen LogP contribution in [-0.2, 0) is 11.3 Å². The van der Waals surface area contributed by atoms with E-state index in [1.807, 2.05) is 25.1 Å². The molecule has 2 aromatic rings. The van der Waals surface area contributed by atoms with Crippen molar-refractivity contribution in [2.75, 3.05) is 0 Å². The van der Waals surface area contributed by atoms with Gasteiger partial charge in [0.25, 0.3) is 0 Å². The van der Waals surface area contributed by atoms with Gasteiger partial charge in [-0.25, -0.2) is 4.79 Å². The molecular formula is C12H12BrNO3. The van der Waals surface area contributed by atoms with Gasteiger partial charge in [-0.05, 0) is 35.0 Å². The zero-order chi connectivity index (χ0) is 12.6. The molecule has 0 bridgehead atoms. The van der Waals surface area contributed by atoms with Crippen LogP contribution in [0.4, 0.5) is 0 Å². The van der Waals surface area contributed by atoms with Crippen LogP contribution in [0.5, 0.6) is 0 Å². The maximum absolute atomic E-state index is 10.9. The molecule has 1 unspecified atom stereocenters. The Kier molecular flexibility index (Phi) is 3.22. The van der Waals surface area contributed by atoms with Crippen LogP contribution < -0.4 is 0 Å². The number of carboxylic acid groups (broad SMARTS) is 1. The number of aliphatic hydroxyl groups excluding tert-OH is 1. The number of fused-ring (bicyclic) bond motifs is 1. The summed E-state index contributed by atoms with van der Waals surface area (Å²) >= 11 is 3.44. The van der Waals surface area contributed by atoms with Crippen molar-refractivity contribution < 1.29 is 15.0 Å². The van der Waals surface area contributed by atoms with E-state index in [1.165, 1.54) is 0 Å². The average Bonchev–Trinajstić information content (AvgIpc) is 2.67. The predicted octanol–water partition coefficient (Wildman–Crippen LogP) is 2.54. The summed E-state index contributed by atoms with van der Waals surface area (Å²) in [6, 6.07) is 7.38. The second-order valence-corrected chi connectivity index (χ2v) is 4.59. The largest absolute Gasteiger partial charge is 0.479 e. The minimum Gasteiger partial charge on any atom is -0.479 e. The van der Waals surface area contributed by atoms with Crippen LogP contribution >= 0.6 is 15.9 Å². The lowest BCUT2D eigenvalue weighted by Crippen LogP contribution is -2.15. The molecule has 2 N–H and O–H groups in total. The Bertz CT molecular complexity index is 576. The van der Waals surface area contributed by atoms with Gasteiger partial charge >= 0.3 is 5.97 Å². The van der Waals surface area contributed by atoms with E-state index in [2.05, 4.69) is 15.9 Å². The van der Waals surface area contributed by atoms with Crippen molar-refractivity contribution in [3.63, 3.8) is 0 Å². The first kappa shape index (κ1) is 12.1. The van der Waals surface area contributed by atoms with Gasteiger partial charge in [0.05, 0.1) is 11.2 Å². The predicted molar refractivity (Wildman–Crippen MR) is 67.9 cm³/mol. The van der Waals surface area contributed by atoms with Crippen molar-refractivity contribution in [2.45, 2.75) is 19.6 Å². The fourth-order valence-electron chi connectivity index (χ4n) is 1.99. The maximum Gasteiger partial charge on any atom is 0.338 e. The van der Waals surface area contributed by atoms with Crippen molar-refractivity contribution in [2.24, 2.45) is 0 Å². The Morgan fingerprint density at radius 2 is 2.24 bits per heavy atom. The summed E-state index contributed by atoms with van der Waals surface area (Å²) in [5.41, 5.74) is 1.31. The summed E-state index contributed by atoms with van der Waals surface area (Å²) in [5, 5.41) is 19.5. The number of halogens is 1. The third-order valence-electron chi connectivity index (χ3n) is 2.73. The number of nitrogens with zero attached hydrogens (tertiary/aromatic N) is 1. The molecule has 0 saturated heterocycles. The first-order valence-electron chi connectivity index (χ1n) is 5.24. The van der Waals surface area contributed by atoms with Crippen LogP contribution in [0.1, 0.15) is 18.7 Å².